The maximum absolute atomic E-state index is 12.1. The standard InChI is InChI=1S/C12H12N2O4/c13-7-5-18-9-3-1-2-6-4-8(12(16)17)14(10(6)9)11(7)15/h1-3,7-8H,4-5,13H2,(H,16,17)/t7-,8-/m0/s1. The molecule has 3 rings (SSSR count). The number of nitrogens with zero attached hydrogens (tertiary/aromatic N) is 1. The second-order valence-corrected chi connectivity index (χ2v) is 4.45. The van der Waals surface area contributed by atoms with Crippen LogP contribution in [-0.2, 0) is 16.0 Å². The van der Waals surface area contributed by atoms with Gasteiger partial charge >= 0.3 is 5.97 Å². The van der Waals surface area contributed by atoms with Crippen LogP contribution in [0.25, 0.3) is 0 Å². The molecule has 1 aromatic rings. The van der Waals surface area contributed by atoms with Crippen LogP contribution in [0.5, 0.6) is 5.75 Å². The maximum Gasteiger partial charge on any atom is 0.327 e. The van der Waals surface area contributed by atoms with Crippen molar-refractivity contribution in [3.63, 3.8) is 0 Å². The highest BCUT2D eigenvalue weighted by molar-refractivity contribution is 6.06. The predicted octanol–water partition coefficient (Wildman–Crippen LogP) is -0.251. The van der Waals surface area contributed by atoms with Gasteiger partial charge in [0.1, 0.15) is 24.4 Å². The van der Waals surface area contributed by atoms with Gasteiger partial charge in [0.25, 0.3) is 0 Å². The Morgan fingerprint density at radius 3 is 3.00 bits per heavy atom. The van der Waals surface area contributed by atoms with E-state index in [2.05, 4.69) is 0 Å². The Kier molecular flexibility index (Phi) is 2.27. The highest BCUT2D eigenvalue weighted by atomic mass is 16.5. The van der Waals surface area contributed by atoms with Crippen molar-refractivity contribution in [2.24, 2.45) is 5.73 Å². The zero-order valence-electron chi connectivity index (χ0n) is 9.50. The fourth-order valence-corrected chi connectivity index (χ4v) is 2.47. The Morgan fingerprint density at radius 1 is 1.50 bits per heavy atom. The van der Waals surface area contributed by atoms with Gasteiger partial charge in [-0.1, -0.05) is 12.1 Å². The van der Waals surface area contributed by atoms with Crippen LogP contribution in [0, 0.1) is 0 Å². The van der Waals surface area contributed by atoms with Crippen LogP contribution in [0.1, 0.15) is 5.56 Å². The van der Waals surface area contributed by atoms with E-state index in [0.717, 1.165) is 5.56 Å². The van der Waals surface area contributed by atoms with E-state index in [1.54, 1.807) is 12.1 Å². The predicted molar refractivity (Wildman–Crippen MR) is 62.5 cm³/mol. The number of anilines is 1. The summed E-state index contributed by atoms with van der Waals surface area (Å²) >= 11 is 0. The molecule has 0 saturated carbocycles. The van der Waals surface area contributed by atoms with Gasteiger partial charge in [-0.15, -0.1) is 0 Å². The molecule has 0 spiro atoms. The normalized spacial score (nSPS) is 25.4. The third-order valence-corrected chi connectivity index (χ3v) is 3.31. The maximum atomic E-state index is 12.1. The summed E-state index contributed by atoms with van der Waals surface area (Å²) in [6.45, 7) is 0.0676. The Labute approximate surface area is 103 Å². The Balaban J connectivity index is 2.18. The van der Waals surface area contributed by atoms with Gasteiger partial charge < -0.3 is 15.6 Å². The molecule has 2 heterocycles. The molecule has 0 saturated heterocycles. The third kappa shape index (κ3) is 1.39. The summed E-state index contributed by atoms with van der Waals surface area (Å²) < 4.78 is 5.47. The van der Waals surface area contributed by atoms with Crippen LogP contribution < -0.4 is 15.4 Å². The van der Waals surface area contributed by atoms with Gasteiger partial charge in [-0.05, 0) is 11.6 Å². The van der Waals surface area contributed by atoms with E-state index >= 15 is 0 Å². The van der Waals surface area contributed by atoms with Crippen LogP contribution in [0.2, 0.25) is 0 Å². The minimum Gasteiger partial charge on any atom is -0.489 e. The van der Waals surface area contributed by atoms with Crippen LogP contribution in [0.4, 0.5) is 5.69 Å². The lowest BCUT2D eigenvalue weighted by Gasteiger charge is -2.22. The second kappa shape index (κ2) is 3.71. The van der Waals surface area contributed by atoms with E-state index in [1.807, 2.05) is 6.07 Å². The van der Waals surface area contributed by atoms with Crippen molar-refractivity contribution in [1.29, 1.82) is 0 Å². The molecule has 0 aromatic heterocycles. The molecule has 2 aliphatic rings. The van der Waals surface area contributed by atoms with Crippen LogP contribution in [0.15, 0.2) is 18.2 Å². The Morgan fingerprint density at radius 2 is 2.28 bits per heavy atom. The monoisotopic (exact) mass is 248 g/mol. The first-order valence-corrected chi connectivity index (χ1v) is 5.65. The second-order valence-electron chi connectivity index (χ2n) is 4.45. The van der Waals surface area contributed by atoms with E-state index in [0.29, 0.717) is 17.9 Å². The van der Waals surface area contributed by atoms with E-state index in [9.17, 15) is 14.7 Å². The molecule has 1 aromatic carbocycles. The molecular weight excluding hydrogens is 236 g/mol. The summed E-state index contributed by atoms with van der Waals surface area (Å²) in [6.07, 6.45) is 0.292. The van der Waals surface area contributed by atoms with Gasteiger partial charge in [0, 0.05) is 6.42 Å². The summed E-state index contributed by atoms with van der Waals surface area (Å²) in [5, 5.41) is 9.22. The molecule has 6 nitrogen and oxygen atoms in total. The van der Waals surface area contributed by atoms with Crippen molar-refractivity contribution in [3.8, 4) is 5.75 Å². The minimum absolute atomic E-state index is 0.0676. The van der Waals surface area contributed by atoms with E-state index < -0.39 is 24.0 Å². The number of para-hydroxylation sites is 1. The number of carbonyl (C=O) groups is 2. The largest absolute Gasteiger partial charge is 0.489 e. The van der Waals surface area contributed by atoms with Gasteiger partial charge in [0.15, 0.2) is 0 Å². The zero-order chi connectivity index (χ0) is 12.9. The fourth-order valence-electron chi connectivity index (χ4n) is 2.47. The molecule has 3 N–H and O–H groups in total. The number of hydrogen-bond acceptors (Lipinski definition) is 4. The first-order valence-electron chi connectivity index (χ1n) is 5.65. The summed E-state index contributed by atoms with van der Waals surface area (Å²) in [6, 6.07) is 3.60. The topological polar surface area (TPSA) is 92.9 Å². The van der Waals surface area contributed by atoms with Crippen LogP contribution >= 0.6 is 0 Å². The number of aliphatic carboxylic acids is 1. The molecule has 0 bridgehead atoms. The number of nitrogens with two attached hydrogens (primary N) is 1. The molecule has 94 valence electrons. The number of amides is 1. The number of carbonyl (C=O) groups excluding carboxylic acids is 1. The number of carboxylic acids is 1. The third-order valence-electron chi connectivity index (χ3n) is 3.31. The average Bonchev–Trinajstić information content (AvgIpc) is 2.69. The summed E-state index contributed by atoms with van der Waals surface area (Å²) in [4.78, 5) is 24.7. The fraction of sp³-hybridized carbons (Fsp3) is 0.333. The molecule has 18 heavy (non-hydrogen) atoms. The van der Waals surface area contributed by atoms with Gasteiger partial charge in [-0.3, -0.25) is 9.69 Å². The zero-order valence-corrected chi connectivity index (χ0v) is 9.50. The molecule has 0 radical (unpaired) electrons. The van der Waals surface area contributed by atoms with Gasteiger partial charge in [-0.2, -0.15) is 0 Å². The lowest BCUT2D eigenvalue weighted by atomic mass is 10.1. The quantitative estimate of drug-likeness (QED) is 0.714. The smallest absolute Gasteiger partial charge is 0.327 e. The van der Waals surface area contributed by atoms with Crippen LogP contribution in [-0.4, -0.2) is 35.7 Å². The average molecular weight is 248 g/mol. The molecule has 2 atom stereocenters. The minimum atomic E-state index is -1.03. The highest BCUT2D eigenvalue weighted by Gasteiger charge is 2.43. The summed E-state index contributed by atoms with van der Waals surface area (Å²) in [7, 11) is 0. The Hall–Kier alpha value is -2.08. The number of ether oxygens (including phenoxy) is 1. The molecule has 0 unspecified atom stereocenters. The molecule has 2 aliphatic heterocycles. The number of rotatable bonds is 1. The van der Waals surface area contributed by atoms with E-state index in [1.165, 1.54) is 4.90 Å². The number of hydrogen-bond donors (Lipinski definition) is 2. The lowest BCUT2D eigenvalue weighted by molar-refractivity contribution is -0.140. The van der Waals surface area contributed by atoms with Gasteiger partial charge in [0.2, 0.25) is 5.91 Å². The van der Waals surface area contributed by atoms with Gasteiger partial charge in [-0.25, -0.2) is 4.79 Å². The van der Waals surface area contributed by atoms with Crippen molar-refractivity contribution in [1.82, 2.24) is 0 Å². The summed E-state index contributed by atoms with van der Waals surface area (Å²) in [5.74, 6) is -0.900. The SMILES string of the molecule is N[C@H]1COc2cccc3c2N(C1=O)[C@H](C(=O)O)C3. The van der Waals surface area contributed by atoms with E-state index in [-0.39, 0.29) is 6.61 Å². The molecular formula is C12H12N2O4. The Bertz CT molecular complexity index is 543. The molecule has 1 amide bonds. The first kappa shape index (κ1) is 11.0. The number of carboxylic acid groups (broad SMARTS) is 1. The van der Waals surface area contributed by atoms with Crippen molar-refractivity contribution < 1.29 is 19.4 Å². The van der Waals surface area contributed by atoms with E-state index in [4.69, 9.17) is 10.5 Å². The van der Waals surface area contributed by atoms with Gasteiger partial charge in [0.05, 0.1) is 5.69 Å². The van der Waals surface area contributed by atoms with Crippen LogP contribution in [0.3, 0.4) is 0 Å². The first-order chi connectivity index (χ1) is 8.59. The van der Waals surface area contributed by atoms with Crippen molar-refractivity contribution in [2.75, 3.05) is 11.5 Å². The van der Waals surface area contributed by atoms with Crippen molar-refractivity contribution in [2.45, 2.75) is 18.5 Å². The molecule has 0 fully saturated rings. The molecule has 0 aliphatic carbocycles. The van der Waals surface area contributed by atoms with Crippen molar-refractivity contribution in [3.05, 3.63) is 23.8 Å². The lowest BCUT2D eigenvalue weighted by Crippen LogP contribution is -2.50. The van der Waals surface area contributed by atoms with Crippen molar-refractivity contribution >= 4 is 17.6 Å². The number of benzene rings is 1. The highest BCUT2D eigenvalue weighted by Crippen LogP contribution is 2.41. The summed E-state index contributed by atoms with van der Waals surface area (Å²) in [5.41, 5.74) is 7.07. The molecule has 6 heteroatoms.